The lowest BCUT2D eigenvalue weighted by Gasteiger charge is -2.44. The van der Waals surface area contributed by atoms with E-state index in [0.29, 0.717) is 11.6 Å². The SMILES string of the molecule is Fc1ccc2c(N[C@H]3CN4CCC3CC4)noc2c1. The van der Waals surface area contributed by atoms with E-state index in [-0.39, 0.29) is 5.82 Å². The molecule has 5 rings (SSSR count). The topological polar surface area (TPSA) is 41.3 Å². The van der Waals surface area contributed by atoms with Crippen molar-refractivity contribution in [2.45, 2.75) is 18.9 Å². The average Bonchev–Trinajstić information content (AvgIpc) is 2.82. The average molecular weight is 261 g/mol. The molecule has 3 aliphatic heterocycles. The Balaban J connectivity index is 1.61. The quantitative estimate of drug-likeness (QED) is 0.901. The molecule has 100 valence electrons. The first-order valence-corrected chi connectivity index (χ1v) is 6.83. The minimum atomic E-state index is -0.293. The van der Waals surface area contributed by atoms with Crippen LogP contribution in [-0.2, 0) is 0 Å². The fourth-order valence-electron chi connectivity index (χ4n) is 3.32. The van der Waals surface area contributed by atoms with E-state index in [4.69, 9.17) is 4.52 Å². The molecule has 1 aromatic carbocycles. The van der Waals surface area contributed by atoms with E-state index in [1.807, 2.05) is 0 Å². The van der Waals surface area contributed by atoms with Gasteiger partial charge in [-0.1, -0.05) is 5.16 Å². The van der Waals surface area contributed by atoms with Gasteiger partial charge in [0.05, 0.1) is 5.39 Å². The molecular formula is C14H16FN3O. The summed E-state index contributed by atoms with van der Waals surface area (Å²) in [7, 11) is 0. The summed E-state index contributed by atoms with van der Waals surface area (Å²) in [5.74, 6) is 1.17. The number of aromatic nitrogens is 1. The summed E-state index contributed by atoms with van der Waals surface area (Å²) in [6.07, 6.45) is 2.50. The number of nitrogens with one attached hydrogen (secondary N) is 1. The third kappa shape index (κ3) is 1.89. The van der Waals surface area contributed by atoms with Crippen molar-refractivity contribution < 1.29 is 8.91 Å². The summed E-state index contributed by atoms with van der Waals surface area (Å²) in [4.78, 5) is 2.49. The Morgan fingerprint density at radius 2 is 2.16 bits per heavy atom. The third-order valence-electron chi connectivity index (χ3n) is 4.41. The van der Waals surface area contributed by atoms with Gasteiger partial charge in [-0.3, -0.25) is 0 Å². The number of fused-ring (bicyclic) bond motifs is 4. The minimum Gasteiger partial charge on any atom is -0.362 e. The molecule has 0 spiro atoms. The number of hydrogen-bond acceptors (Lipinski definition) is 4. The van der Waals surface area contributed by atoms with Crippen LogP contribution in [0.3, 0.4) is 0 Å². The van der Waals surface area contributed by atoms with E-state index in [0.717, 1.165) is 23.7 Å². The van der Waals surface area contributed by atoms with Crippen molar-refractivity contribution in [3.8, 4) is 0 Å². The fraction of sp³-hybridized carbons (Fsp3) is 0.500. The Labute approximate surface area is 110 Å². The van der Waals surface area contributed by atoms with Crippen LogP contribution in [0.5, 0.6) is 0 Å². The van der Waals surface area contributed by atoms with Crippen LogP contribution in [0, 0.1) is 11.7 Å². The summed E-state index contributed by atoms with van der Waals surface area (Å²) in [6.45, 7) is 3.50. The molecule has 4 nitrogen and oxygen atoms in total. The van der Waals surface area contributed by atoms with E-state index in [1.54, 1.807) is 6.07 Å². The molecule has 3 aliphatic rings. The minimum absolute atomic E-state index is 0.293. The molecule has 0 saturated carbocycles. The highest BCUT2D eigenvalue weighted by molar-refractivity contribution is 5.88. The molecule has 3 fully saturated rings. The maximum absolute atomic E-state index is 13.1. The van der Waals surface area contributed by atoms with Gasteiger partial charge in [-0.25, -0.2) is 4.39 Å². The largest absolute Gasteiger partial charge is 0.362 e. The van der Waals surface area contributed by atoms with Crippen molar-refractivity contribution in [3.05, 3.63) is 24.0 Å². The van der Waals surface area contributed by atoms with Crippen molar-refractivity contribution in [1.29, 1.82) is 0 Å². The normalized spacial score (nSPS) is 29.8. The van der Waals surface area contributed by atoms with Gasteiger partial charge in [0.1, 0.15) is 5.82 Å². The Morgan fingerprint density at radius 1 is 1.32 bits per heavy atom. The number of rotatable bonds is 2. The van der Waals surface area contributed by atoms with E-state index in [9.17, 15) is 4.39 Å². The van der Waals surface area contributed by atoms with Crippen molar-refractivity contribution in [1.82, 2.24) is 10.1 Å². The molecule has 0 amide bonds. The predicted octanol–water partition coefficient (Wildman–Crippen LogP) is 2.47. The molecule has 2 aromatic rings. The standard InChI is InChI=1S/C14H16FN3O/c15-10-1-2-11-13(7-10)19-17-14(11)16-12-8-18-5-3-9(12)4-6-18/h1-2,7,9,12H,3-6,8H2,(H,16,17)/t12-/m0/s1. The number of anilines is 1. The molecule has 2 bridgehead atoms. The highest BCUT2D eigenvalue weighted by Gasteiger charge is 2.34. The number of benzene rings is 1. The molecule has 0 aliphatic carbocycles. The van der Waals surface area contributed by atoms with Crippen LogP contribution >= 0.6 is 0 Å². The van der Waals surface area contributed by atoms with Gasteiger partial charge in [0.25, 0.3) is 0 Å². The van der Waals surface area contributed by atoms with E-state index in [1.165, 1.54) is 38.1 Å². The molecule has 1 aromatic heterocycles. The van der Waals surface area contributed by atoms with E-state index < -0.39 is 0 Å². The monoisotopic (exact) mass is 261 g/mol. The maximum atomic E-state index is 13.1. The number of halogens is 1. The Hall–Kier alpha value is -1.62. The molecule has 3 saturated heterocycles. The number of piperidine rings is 3. The van der Waals surface area contributed by atoms with Crippen LogP contribution in [0.4, 0.5) is 10.2 Å². The molecule has 0 unspecified atom stereocenters. The van der Waals surface area contributed by atoms with Crippen LogP contribution in [0.2, 0.25) is 0 Å². The summed E-state index contributed by atoms with van der Waals surface area (Å²) in [5, 5.41) is 8.39. The van der Waals surface area contributed by atoms with Gasteiger partial charge in [-0.15, -0.1) is 0 Å². The first-order valence-electron chi connectivity index (χ1n) is 6.83. The fourth-order valence-corrected chi connectivity index (χ4v) is 3.32. The first-order chi connectivity index (χ1) is 9.29. The zero-order valence-electron chi connectivity index (χ0n) is 10.6. The molecule has 0 radical (unpaired) electrons. The molecule has 5 heteroatoms. The van der Waals surface area contributed by atoms with Gasteiger partial charge < -0.3 is 14.7 Å². The van der Waals surface area contributed by atoms with Gasteiger partial charge in [-0.05, 0) is 44.0 Å². The molecule has 1 N–H and O–H groups in total. The summed E-state index contributed by atoms with van der Waals surface area (Å²) in [6, 6.07) is 4.98. The Morgan fingerprint density at radius 3 is 2.89 bits per heavy atom. The van der Waals surface area contributed by atoms with E-state index >= 15 is 0 Å². The Kier molecular flexibility index (Phi) is 2.48. The summed E-state index contributed by atoms with van der Waals surface area (Å²) in [5.41, 5.74) is 0.503. The predicted molar refractivity (Wildman–Crippen MR) is 70.5 cm³/mol. The molecule has 19 heavy (non-hydrogen) atoms. The van der Waals surface area contributed by atoms with Crippen LogP contribution in [0.25, 0.3) is 11.0 Å². The summed E-state index contributed by atoms with van der Waals surface area (Å²) < 4.78 is 18.3. The van der Waals surface area contributed by atoms with Gasteiger partial charge in [0.2, 0.25) is 0 Å². The van der Waals surface area contributed by atoms with Crippen molar-refractivity contribution in [3.63, 3.8) is 0 Å². The van der Waals surface area contributed by atoms with Crippen LogP contribution < -0.4 is 5.32 Å². The molecule has 1 atom stereocenters. The van der Waals surface area contributed by atoms with Crippen molar-refractivity contribution in [2.24, 2.45) is 5.92 Å². The molecular weight excluding hydrogens is 245 g/mol. The Bertz CT molecular complexity index is 604. The van der Waals surface area contributed by atoms with Crippen LogP contribution in [-0.4, -0.2) is 35.7 Å². The zero-order chi connectivity index (χ0) is 12.8. The highest BCUT2D eigenvalue weighted by Crippen LogP contribution is 2.31. The lowest BCUT2D eigenvalue weighted by Crippen LogP contribution is -2.53. The second-order valence-electron chi connectivity index (χ2n) is 5.56. The third-order valence-corrected chi connectivity index (χ3v) is 4.41. The lowest BCUT2D eigenvalue weighted by atomic mass is 9.84. The second kappa shape index (κ2) is 4.20. The van der Waals surface area contributed by atoms with Crippen molar-refractivity contribution >= 4 is 16.8 Å². The number of hydrogen-bond donors (Lipinski definition) is 1. The van der Waals surface area contributed by atoms with Gasteiger partial charge in [0, 0.05) is 18.7 Å². The van der Waals surface area contributed by atoms with Gasteiger partial charge in [-0.2, -0.15) is 0 Å². The molecule has 4 heterocycles. The van der Waals surface area contributed by atoms with Crippen molar-refractivity contribution in [2.75, 3.05) is 25.0 Å². The second-order valence-corrected chi connectivity index (χ2v) is 5.56. The summed E-state index contributed by atoms with van der Waals surface area (Å²) >= 11 is 0. The van der Waals surface area contributed by atoms with Gasteiger partial charge >= 0.3 is 0 Å². The zero-order valence-corrected chi connectivity index (χ0v) is 10.6. The number of nitrogens with zero attached hydrogens (tertiary/aromatic N) is 2. The highest BCUT2D eigenvalue weighted by atomic mass is 19.1. The first kappa shape index (κ1) is 11.2. The lowest BCUT2D eigenvalue weighted by molar-refractivity contribution is 0.0973. The van der Waals surface area contributed by atoms with Gasteiger partial charge in [0.15, 0.2) is 11.4 Å². The maximum Gasteiger partial charge on any atom is 0.177 e. The van der Waals surface area contributed by atoms with Crippen LogP contribution in [0.15, 0.2) is 22.7 Å². The van der Waals surface area contributed by atoms with Crippen LogP contribution in [0.1, 0.15) is 12.8 Å². The van der Waals surface area contributed by atoms with E-state index in [2.05, 4.69) is 15.4 Å². The smallest absolute Gasteiger partial charge is 0.177 e.